The first-order valence-electron chi connectivity index (χ1n) is 20.3. The second-order valence-corrected chi connectivity index (χ2v) is 16.3. The Kier molecular flexibility index (Phi) is 32.2. The molecule has 0 aliphatic heterocycles. The van der Waals surface area contributed by atoms with Crippen molar-refractivity contribution in [3.05, 3.63) is 60.8 Å². The second kappa shape index (κ2) is 33.7. The standard InChI is InChI=1S/C42H74NO11P/c1-6-8-10-11-12-13-14-15-16-21-25-31-42(48)54-38(36-53-55(49,50)52-34-33-43(3,4)5)35-51-41(47)32-26-30-40(46)39(45)29-24-20-18-17-19-23-28-37(44)27-22-9-7-2/h9,17-20,22-24,28-29,37-40,44-46H,6-8,10-16,21,25-27,30-36H2,1-5H3/p+1/b19-17+,20-18-,22-9-,28-23+,29-24-/t37-,38-,39+,40+/m1/s1. The third-order valence-corrected chi connectivity index (χ3v) is 9.39. The molecule has 4 N–H and O–H groups in total. The van der Waals surface area contributed by atoms with Crippen molar-refractivity contribution in [3.8, 4) is 0 Å². The molecule has 0 saturated heterocycles. The highest BCUT2D eigenvalue weighted by molar-refractivity contribution is 7.47. The summed E-state index contributed by atoms with van der Waals surface area (Å²) in [7, 11) is 1.28. The summed E-state index contributed by atoms with van der Waals surface area (Å²) in [6, 6.07) is 0. The average molecular weight is 801 g/mol. The molecule has 1 unspecified atom stereocenters. The summed E-state index contributed by atoms with van der Waals surface area (Å²) in [5.41, 5.74) is 0. The summed E-state index contributed by atoms with van der Waals surface area (Å²) in [6.07, 6.45) is 28.0. The first-order valence-corrected chi connectivity index (χ1v) is 21.8. The number of likely N-dealkylation sites (N-methyl/N-ethyl adjacent to an activating group) is 1. The molecule has 0 aromatic carbocycles. The van der Waals surface area contributed by atoms with Gasteiger partial charge in [0, 0.05) is 12.8 Å². The van der Waals surface area contributed by atoms with Gasteiger partial charge in [0.25, 0.3) is 0 Å². The minimum atomic E-state index is -4.45. The van der Waals surface area contributed by atoms with Crippen molar-refractivity contribution >= 4 is 19.8 Å². The van der Waals surface area contributed by atoms with Crippen LogP contribution in [-0.4, -0.2) is 109 Å². The number of hydrogen-bond acceptors (Lipinski definition) is 10. The molecule has 0 bridgehead atoms. The van der Waals surface area contributed by atoms with Gasteiger partial charge in [-0.05, 0) is 32.1 Å². The van der Waals surface area contributed by atoms with Crippen LogP contribution < -0.4 is 0 Å². The van der Waals surface area contributed by atoms with Crippen LogP contribution in [0.25, 0.3) is 0 Å². The van der Waals surface area contributed by atoms with Gasteiger partial charge in [-0.25, -0.2) is 4.57 Å². The summed E-state index contributed by atoms with van der Waals surface area (Å²) >= 11 is 0. The molecule has 0 spiro atoms. The quantitative estimate of drug-likeness (QED) is 0.0123. The fourth-order valence-corrected chi connectivity index (χ4v) is 5.80. The SMILES string of the molecule is CC/C=C\C[C@@H](O)/C=C/C=C/C=C\C=C/[C@H](O)[C@@H](O)CCCC(=O)OC[C@H](COP(=O)(O)OCC[N+](C)(C)C)OC(=O)CCCCCCCCCCCCC. The largest absolute Gasteiger partial charge is 0.472 e. The van der Waals surface area contributed by atoms with Gasteiger partial charge in [-0.15, -0.1) is 0 Å². The van der Waals surface area contributed by atoms with Crippen LogP contribution >= 0.6 is 7.82 Å². The van der Waals surface area contributed by atoms with Crippen LogP contribution in [0.4, 0.5) is 0 Å². The highest BCUT2D eigenvalue weighted by Crippen LogP contribution is 2.43. The van der Waals surface area contributed by atoms with Gasteiger partial charge in [0.1, 0.15) is 19.8 Å². The zero-order valence-corrected chi connectivity index (χ0v) is 35.4. The summed E-state index contributed by atoms with van der Waals surface area (Å²) in [5, 5.41) is 30.4. The molecule has 0 aliphatic rings. The van der Waals surface area contributed by atoms with Crippen LogP contribution in [0.15, 0.2) is 60.8 Å². The van der Waals surface area contributed by atoms with E-state index in [1.807, 2.05) is 40.2 Å². The van der Waals surface area contributed by atoms with Crippen LogP contribution in [0.2, 0.25) is 0 Å². The second-order valence-electron chi connectivity index (χ2n) is 14.9. The first-order chi connectivity index (χ1) is 26.2. The van der Waals surface area contributed by atoms with Gasteiger partial charge in [0.2, 0.25) is 0 Å². The predicted octanol–water partition coefficient (Wildman–Crippen LogP) is 7.82. The van der Waals surface area contributed by atoms with E-state index in [0.717, 1.165) is 25.7 Å². The molecule has 0 saturated carbocycles. The van der Waals surface area contributed by atoms with E-state index in [2.05, 4.69) is 6.92 Å². The number of quaternary nitrogens is 1. The van der Waals surface area contributed by atoms with Gasteiger partial charge < -0.3 is 34.2 Å². The van der Waals surface area contributed by atoms with Crippen LogP contribution in [0.3, 0.4) is 0 Å². The molecule has 0 rings (SSSR count). The number of aliphatic hydroxyl groups excluding tert-OH is 3. The number of hydrogen-bond donors (Lipinski definition) is 4. The summed E-state index contributed by atoms with van der Waals surface area (Å²) in [5.74, 6) is -1.14. The van der Waals surface area contributed by atoms with Gasteiger partial charge in [-0.3, -0.25) is 18.6 Å². The lowest BCUT2D eigenvalue weighted by Gasteiger charge is -2.24. The van der Waals surface area contributed by atoms with Gasteiger partial charge in [0.15, 0.2) is 6.10 Å². The van der Waals surface area contributed by atoms with Crippen LogP contribution in [0.1, 0.15) is 123 Å². The number of carbonyl (C=O) groups excluding carboxylic acids is 2. The van der Waals surface area contributed by atoms with Crippen molar-refractivity contribution in [2.45, 2.75) is 147 Å². The number of aliphatic hydroxyl groups is 3. The molecule has 0 heterocycles. The van der Waals surface area contributed by atoms with E-state index in [0.29, 0.717) is 23.9 Å². The Morgan fingerprint density at radius 2 is 1.25 bits per heavy atom. The van der Waals surface area contributed by atoms with E-state index in [4.69, 9.17) is 18.5 Å². The van der Waals surface area contributed by atoms with Crippen molar-refractivity contribution in [1.82, 2.24) is 0 Å². The number of carbonyl (C=O) groups is 2. The van der Waals surface area contributed by atoms with E-state index in [1.54, 1.807) is 42.5 Å². The minimum Gasteiger partial charge on any atom is -0.462 e. The van der Waals surface area contributed by atoms with Gasteiger partial charge in [-0.1, -0.05) is 139 Å². The maximum Gasteiger partial charge on any atom is 0.472 e. The molecule has 0 fully saturated rings. The Morgan fingerprint density at radius 3 is 1.85 bits per heavy atom. The number of unbranched alkanes of at least 4 members (excludes halogenated alkanes) is 10. The van der Waals surface area contributed by atoms with E-state index in [1.165, 1.54) is 51.0 Å². The Balaban J connectivity index is 4.75. The first kappa shape index (κ1) is 52.6. The third kappa shape index (κ3) is 35.7. The minimum absolute atomic E-state index is 0.0258. The summed E-state index contributed by atoms with van der Waals surface area (Å²) in [6.45, 7) is 3.79. The topological polar surface area (TPSA) is 169 Å². The van der Waals surface area contributed by atoms with Crippen molar-refractivity contribution in [1.29, 1.82) is 0 Å². The number of phosphoric acid groups is 1. The average Bonchev–Trinajstić information content (AvgIpc) is 3.12. The molecule has 0 aromatic heterocycles. The maximum absolute atomic E-state index is 12.6. The molecule has 0 aliphatic carbocycles. The Morgan fingerprint density at radius 1 is 0.691 bits per heavy atom. The molecule has 12 nitrogen and oxygen atoms in total. The van der Waals surface area contributed by atoms with E-state index < -0.39 is 50.8 Å². The Hall–Kier alpha value is -2.41. The normalized spacial score (nSPS) is 16.0. The predicted molar refractivity (Wildman–Crippen MR) is 219 cm³/mol. The smallest absolute Gasteiger partial charge is 0.462 e. The zero-order valence-electron chi connectivity index (χ0n) is 34.5. The van der Waals surface area contributed by atoms with E-state index in [9.17, 15) is 34.4 Å². The lowest BCUT2D eigenvalue weighted by molar-refractivity contribution is -0.870. The number of rotatable bonds is 35. The van der Waals surface area contributed by atoms with E-state index in [-0.39, 0.29) is 38.9 Å². The van der Waals surface area contributed by atoms with Gasteiger partial charge in [-0.2, -0.15) is 0 Å². The van der Waals surface area contributed by atoms with Crippen molar-refractivity contribution in [2.75, 3.05) is 47.5 Å². The fraction of sp³-hybridized carbons (Fsp3) is 0.714. The Bertz CT molecular complexity index is 1180. The monoisotopic (exact) mass is 801 g/mol. The fourth-order valence-electron chi connectivity index (χ4n) is 5.06. The number of phosphoric ester groups is 1. The Labute approximate surface area is 332 Å². The van der Waals surface area contributed by atoms with Crippen LogP contribution in [0, 0.1) is 0 Å². The zero-order chi connectivity index (χ0) is 41.2. The molecule has 13 heteroatoms. The molecule has 318 valence electrons. The van der Waals surface area contributed by atoms with Crippen molar-refractivity contribution < 1.29 is 57.4 Å². The number of ether oxygens (including phenoxy) is 2. The molecule has 0 radical (unpaired) electrons. The molecule has 5 atom stereocenters. The third-order valence-electron chi connectivity index (χ3n) is 8.40. The van der Waals surface area contributed by atoms with Gasteiger partial charge in [0.05, 0.1) is 46.1 Å². The molecular weight excluding hydrogens is 725 g/mol. The van der Waals surface area contributed by atoms with Gasteiger partial charge >= 0.3 is 19.8 Å². The lowest BCUT2D eigenvalue weighted by Crippen LogP contribution is -2.37. The van der Waals surface area contributed by atoms with Crippen molar-refractivity contribution in [2.24, 2.45) is 0 Å². The number of esters is 2. The highest BCUT2D eigenvalue weighted by atomic mass is 31.2. The lowest BCUT2D eigenvalue weighted by atomic mass is 10.1. The highest BCUT2D eigenvalue weighted by Gasteiger charge is 2.27. The van der Waals surface area contributed by atoms with Crippen LogP contribution in [-0.2, 0) is 32.7 Å². The number of nitrogens with zero attached hydrogens (tertiary/aromatic N) is 1. The molecule has 0 aromatic rings. The maximum atomic E-state index is 12.6. The van der Waals surface area contributed by atoms with E-state index >= 15 is 0 Å². The summed E-state index contributed by atoms with van der Waals surface area (Å²) in [4.78, 5) is 35.3. The molecule has 55 heavy (non-hydrogen) atoms. The van der Waals surface area contributed by atoms with Crippen LogP contribution in [0.5, 0.6) is 0 Å². The molecular formula is C42H75NO11P+. The number of allylic oxidation sites excluding steroid dienone is 7. The van der Waals surface area contributed by atoms with Crippen molar-refractivity contribution in [3.63, 3.8) is 0 Å². The molecule has 0 amide bonds. The summed E-state index contributed by atoms with van der Waals surface area (Å²) < 4.78 is 33.9.